The van der Waals surface area contributed by atoms with E-state index < -0.39 is 0 Å². The second kappa shape index (κ2) is 11.3. The van der Waals surface area contributed by atoms with Crippen molar-refractivity contribution in [2.45, 2.75) is 90.8 Å². The first kappa shape index (κ1) is 22.5. The second-order valence-corrected chi connectivity index (χ2v) is 8.72. The summed E-state index contributed by atoms with van der Waals surface area (Å²) >= 11 is 0. The van der Waals surface area contributed by atoms with Gasteiger partial charge in [-0.05, 0) is 58.2 Å². The minimum Gasteiger partial charge on any atom is -0.490 e. The highest BCUT2D eigenvalue weighted by atomic mass is 16.5. The molecule has 0 radical (unpaired) electrons. The molecule has 0 aliphatic heterocycles. The van der Waals surface area contributed by atoms with E-state index in [2.05, 4.69) is 16.7 Å². The van der Waals surface area contributed by atoms with Crippen molar-refractivity contribution >= 4 is 5.91 Å². The average Bonchev–Trinajstić information content (AvgIpc) is 2.59. The van der Waals surface area contributed by atoms with Crippen molar-refractivity contribution < 1.29 is 14.3 Å². The summed E-state index contributed by atoms with van der Waals surface area (Å²) in [6.45, 7) is 9.18. The van der Waals surface area contributed by atoms with Gasteiger partial charge >= 0.3 is 0 Å². The average molecular weight is 391 g/mol. The Balaban J connectivity index is 1.92. The Labute approximate surface area is 170 Å². The van der Waals surface area contributed by atoms with Crippen LogP contribution in [-0.4, -0.2) is 30.7 Å². The van der Waals surface area contributed by atoms with Crippen LogP contribution in [0.2, 0.25) is 0 Å². The quantitative estimate of drug-likeness (QED) is 0.682. The first-order valence-corrected chi connectivity index (χ1v) is 10.8. The van der Waals surface area contributed by atoms with E-state index in [0.717, 1.165) is 6.54 Å². The molecule has 158 valence electrons. The SMILES string of the molecule is CCOc1cc(CNC2CCCCCCC2)ccc1OCC(=O)NC(C)(C)C. The highest BCUT2D eigenvalue weighted by Crippen LogP contribution is 2.29. The lowest BCUT2D eigenvalue weighted by Gasteiger charge is -2.22. The van der Waals surface area contributed by atoms with E-state index in [0.29, 0.717) is 24.1 Å². The lowest BCUT2D eigenvalue weighted by atomic mass is 9.96. The molecule has 0 spiro atoms. The standard InChI is InChI=1S/C23H38N2O3/c1-5-27-21-15-18(16-24-19-11-9-7-6-8-10-12-19)13-14-20(21)28-17-22(26)25-23(2,3)4/h13-15,19,24H,5-12,16-17H2,1-4H3,(H,25,26). The molecule has 5 nitrogen and oxygen atoms in total. The minimum absolute atomic E-state index is 0.0169. The van der Waals surface area contributed by atoms with Crippen molar-refractivity contribution in [2.75, 3.05) is 13.2 Å². The fourth-order valence-electron chi connectivity index (χ4n) is 3.57. The summed E-state index contributed by atoms with van der Waals surface area (Å²) in [6, 6.07) is 6.59. The summed E-state index contributed by atoms with van der Waals surface area (Å²) in [5.41, 5.74) is 0.910. The van der Waals surface area contributed by atoms with Gasteiger partial charge in [-0.15, -0.1) is 0 Å². The van der Waals surface area contributed by atoms with Gasteiger partial charge in [0, 0.05) is 18.1 Å². The molecule has 0 heterocycles. The zero-order valence-corrected chi connectivity index (χ0v) is 18.1. The Kier molecular flexibility index (Phi) is 9.10. The molecule has 1 aromatic carbocycles. The lowest BCUT2D eigenvalue weighted by molar-refractivity contribution is -0.124. The largest absolute Gasteiger partial charge is 0.490 e. The molecule has 2 rings (SSSR count). The Morgan fingerprint density at radius 3 is 2.36 bits per heavy atom. The van der Waals surface area contributed by atoms with E-state index in [9.17, 15) is 4.79 Å². The first-order chi connectivity index (χ1) is 13.4. The molecule has 28 heavy (non-hydrogen) atoms. The lowest BCUT2D eigenvalue weighted by Crippen LogP contribution is -2.43. The van der Waals surface area contributed by atoms with E-state index in [1.165, 1.54) is 50.5 Å². The smallest absolute Gasteiger partial charge is 0.258 e. The van der Waals surface area contributed by atoms with Crippen LogP contribution in [0.3, 0.4) is 0 Å². The highest BCUT2D eigenvalue weighted by molar-refractivity contribution is 5.78. The molecule has 0 unspecified atom stereocenters. The van der Waals surface area contributed by atoms with Gasteiger partial charge in [-0.1, -0.05) is 38.2 Å². The van der Waals surface area contributed by atoms with E-state index in [4.69, 9.17) is 9.47 Å². The van der Waals surface area contributed by atoms with Gasteiger partial charge in [0.2, 0.25) is 0 Å². The molecule has 1 aliphatic carbocycles. The van der Waals surface area contributed by atoms with Crippen molar-refractivity contribution in [3.05, 3.63) is 23.8 Å². The van der Waals surface area contributed by atoms with Crippen molar-refractivity contribution in [3.8, 4) is 11.5 Å². The predicted molar refractivity (Wildman–Crippen MR) is 114 cm³/mol. The van der Waals surface area contributed by atoms with Crippen LogP contribution in [0, 0.1) is 0 Å². The summed E-state index contributed by atoms with van der Waals surface area (Å²) in [6.07, 6.45) is 9.30. The Morgan fingerprint density at radius 1 is 1.04 bits per heavy atom. The number of rotatable bonds is 8. The van der Waals surface area contributed by atoms with Gasteiger partial charge in [0.1, 0.15) is 0 Å². The molecule has 0 saturated heterocycles. The van der Waals surface area contributed by atoms with Crippen LogP contribution < -0.4 is 20.1 Å². The third-order valence-electron chi connectivity index (χ3n) is 4.88. The first-order valence-electron chi connectivity index (χ1n) is 10.8. The van der Waals surface area contributed by atoms with Gasteiger partial charge in [-0.25, -0.2) is 0 Å². The Morgan fingerprint density at radius 2 is 1.71 bits per heavy atom. The van der Waals surface area contributed by atoms with Crippen molar-refractivity contribution in [3.63, 3.8) is 0 Å². The molecule has 2 N–H and O–H groups in total. The van der Waals surface area contributed by atoms with Crippen LogP contribution in [0.5, 0.6) is 11.5 Å². The van der Waals surface area contributed by atoms with Crippen molar-refractivity contribution in [1.82, 2.24) is 10.6 Å². The fourth-order valence-corrected chi connectivity index (χ4v) is 3.57. The number of hydrogen-bond donors (Lipinski definition) is 2. The van der Waals surface area contributed by atoms with Gasteiger partial charge < -0.3 is 20.1 Å². The monoisotopic (exact) mass is 390 g/mol. The minimum atomic E-state index is -0.268. The maximum absolute atomic E-state index is 12.0. The van der Waals surface area contributed by atoms with Crippen LogP contribution in [0.1, 0.15) is 78.2 Å². The Hall–Kier alpha value is -1.75. The van der Waals surface area contributed by atoms with Crippen LogP contribution in [0.25, 0.3) is 0 Å². The van der Waals surface area contributed by atoms with E-state index in [1.807, 2.05) is 39.8 Å². The molecule has 1 amide bonds. The Bertz CT molecular complexity index is 602. The van der Waals surface area contributed by atoms with Crippen molar-refractivity contribution in [2.24, 2.45) is 0 Å². The number of benzene rings is 1. The molecular formula is C23H38N2O3. The van der Waals surface area contributed by atoms with Gasteiger partial charge in [0.05, 0.1) is 6.61 Å². The topological polar surface area (TPSA) is 59.6 Å². The molecule has 1 aliphatic rings. The summed E-state index contributed by atoms with van der Waals surface area (Å²) in [5, 5.41) is 6.61. The van der Waals surface area contributed by atoms with E-state index >= 15 is 0 Å². The summed E-state index contributed by atoms with van der Waals surface area (Å²) in [4.78, 5) is 12.0. The molecular weight excluding hydrogens is 352 g/mol. The molecule has 5 heteroatoms. The maximum Gasteiger partial charge on any atom is 0.258 e. The van der Waals surface area contributed by atoms with E-state index in [1.54, 1.807) is 0 Å². The number of amides is 1. The van der Waals surface area contributed by atoms with Crippen LogP contribution in [0.4, 0.5) is 0 Å². The highest BCUT2D eigenvalue weighted by Gasteiger charge is 2.16. The van der Waals surface area contributed by atoms with Crippen LogP contribution in [-0.2, 0) is 11.3 Å². The zero-order valence-electron chi connectivity index (χ0n) is 18.1. The molecule has 0 aromatic heterocycles. The summed E-state index contributed by atoms with van der Waals surface area (Å²) in [7, 11) is 0. The predicted octanol–water partition coefficient (Wildman–Crippen LogP) is 4.58. The van der Waals surface area contributed by atoms with E-state index in [-0.39, 0.29) is 18.1 Å². The number of nitrogens with one attached hydrogen (secondary N) is 2. The molecule has 1 aromatic rings. The van der Waals surface area contributed by atoms with Crippen LogP contribution >= 0.6 is 0 Å². The third-order valence-corrected chi connectivity index (χ3v) is 4.88. The fraction of sp³-hybridized carbons (Fsp3) is 0.696. The molecule has 1 fully saturated rings. The van der Waals surface area contributed by atoms with Crippen LogP contribution in [0.15, 0.2) is 18.2 Å². The second-order valence-electron chi connectivity index (χ2n) is 8.72. The third kappa shape index (κ3) is 8.51. The zero-order chi connectivity index (χ0) is 20.4. The number of carbonyl (C=O) groups excluding carboxylic acids is 1. The number of hydrogen-bond acceptors (Lipinski definition) is 4. The van der Waals surface area contributed by atoms with Gasteiger partial charge in [0.15, 0.2) is 18.1 Å². The normalized spacial score (nSPS) is 16.1. The summed E-state index contributed by atoms with van der Waals surface area (Å²) in [5.74, 6) is 1.17. The molecule has 1 saturated carbocycles. The summed E-state index contributed by atoms with van der Waals surface area (Å²) < 4.78 is 11.5. The molecule has 0 bridgehead atoms. The maximum atomic E-state index is 12.0. The van der Waals surface area contributed by atoms with Gasteiger partial charge in [-0.3, -0.25) is 4.79 Å². The number of carbonyl (C=O) groups is 1. The van der Waals surface area contributed by atoms with Crippen molar-refractivity contribution in [1.29, 1.82) is 0 Å². The number of ether oxygens (including phenoxy) is 2. The molecule has 0 atom stereocenters. The van der Waals surface area contributed by atoms with Gasteiger partial charge in [-0.2, -0.15) is 0 Å². The van der Waals surface area contributed by atoms with Gasteiger partial charge in [0.25, 0.3) is 5.91 Å².